The molecule has 1 aliphatic carbocycles. The largest absolute Gasteiger partial charge is 0.444 e. The van der Waals surface area contributed by atoms with Gasteiger partial charge in [0.25, 0.3) is 0 Å². The number of anilines is 2. The quantitative estimate of drug-likeness (QED) is 0.433. The summed E-state index contributed by atoms with van der Waals surface area (Å²) >= 11 is 6.56. The Morgan fingerprint density at radius 3 is 2.48 bits per heavy atom. The number of hydrogen-bond donors (Lipinski definition) is 0. The number of nitrogens with zero attached hydrogens (tertiary/aromatic N) is 8. The van der Waals surface area contributed by atoms with Crippen molar-refractivity contribution in [3.63, 3.8) is 0 Å². The van der Waals surface area contributed by atoms with Crippen LogP contribution in [0.5, 0.6) is 0 Å². The number of imidazole rings is 1. The molecule has 2 aliphatic heterocycles. The van der Waals surface area contributed by atoms with Crippen LogP contribution >= 0.6 is 11.6 Å². The van der Waals surface area contributed by atoms with Gasteiger partial charge in [0.15, 0.2) is 5.82 Å². The van der Waals surface area contributed by atoms with Crippen molar-refractivity contribution >= 4 is 41.0 Å². The van der Waals surface area contributed by atoms with Crippen LogP contribution in [0.25, 0.3) is 5.65 Å². The molecular formula is C30H39ClN8O3. The van der Waals surface area contributed by atoms with E-state index < -0.39 is 11.1 Å². The van der Waals surface area contributed by atoms with Gasteiger partial charge in [-0.2, -0.15) is 4.98 Å². The third-order valence-corrected chi connectivity index (χ3v) is 9.10. The van der Waals surface area contributed by atoms with Gasteiger partial charge in [-0.3, -0.25) is 9.69 Å². The van der Waals surface area contributed by atoms with Crippen LogP contribution in [-0.4, -0.2) is 92.1 Å². The van der Waals surface area contributed by atoms with Crippen molar-refractivity contribution in [3.05, 3.63) is 47.5 Å². The number of pyridine rings is 1. The molecule has 11 nitrogen and oxygen atoms in total. The topological polar surface area (TPSA) is 99.4 Å². The summed E-state index contributed by atoms with van der Waals surface area (Å²) in [6.07, 6.45) is 7.04. The lowest BCUT2D eigenvalue weighted by Gasteiger charge is -2.45. The molecule has 2 saturated heterocycles. The number of fused-ring (bicyclic) bond motifs is 1. The molecule has 5 heterocycles. The number of hydrogen-bond acceptors (Lipinski definition) is 8. The smallest absolute Gasteiger partial charge is 0.410 e. The molecule has 0 atom stereocenters. The number of piperazine rings is 1. The Labute approximate surface area is 251 Å². The van der Waals surface area contributed by atoms with E-state index in [0.29, 0.717) is 49.5 Å². The van der Waals surface area contributed by atoms with Crippen molar-refractivity contribution in [1.29, 1.82) is 0 Å². The first-order chi connectivity index (χ1) is 19.8. The molecule has 1 spiro atoms. The van der Waals surface area contributed by atoms with E-state index in [2.05, 4.69) is 14.9 Å². The van der Waals surface area contributed by atoms with Crippen LogP contribution in [-0.2, 0) is 15.1 Å². The molecule has 3 aromatic rings. The molecule has 3 fully saturated rings. The highest BCUT2D eigenvalue weighted by Gasteiger charge is 2.54. The zero-order chi connectivity index (χ0) is 30.0. The molecule has 6 rings (SSSR count). The summed E-state index contributed by atoms with van der Waals surface area (Å²) in [7, 11) is 1.85. The first-order valence-corrected chi connectivity index (χ1v) is 14.9. The van der Waals surface area contributed by atoms with Crippen LogP contribution in [0.3, 0.4) is 0 Å². The Balaban J connectivity index is 1.11. The summed E-state index contributed by atoms with van der Waals surface area (Å²) in [6, 6.07) is 5.87. The second kappa shape index (κ2) is 10.00. The second-order valence-corrected chi connectivity index (χ2v) is 13.7. The lowest BCUT2D eigenvalue weighted by molar-refractivity contribution is -0.140. The van der Waals surface area contributed by atoms with E-state index in [9.17, 15) is 9.59 Å². The van der Waals surface area contributed by atoms with Gasteiger partial charge >= 0.3 is 6.09 Å². The maximum Gasteiger partial charge on any atom is 0.410 e. The number of halogens is 1. The zero-order valence-electron chi connectivity index (χ0n) is 25.2. The lowest BCUT2D eigenvalue weighted by Crippen LogP contribution is -2.58. The minimum Gasteiger partial charge on any atom is -0.444 e. The van der Waals surface area contributed by atoms with Gasteiger partial charge < -0.3 is 23.8 Å². The number of ether oxygens (including phenoxy) is 1. The van der Waals surface area contributed by atoms with Gasteiger partial charge in [0.1, 0.15) is 16.3 Å². The predicted octanol–water partition coefficient (Wildman–Crippen LogP) is 4.20. The first-order valence-electron chi connectivity index (χ1n) is 14.5. The summed E-state index contributed by atoms with van der Waals surface area (Å²) < 4.78 is 7.69. The van der Waals surface area contributed by atoms with Crippen molar-refractivity contribution < 1.29 is 14.3 Å². The van der Waals surface area contributed by atoms with Crippen molar-refractivity contribution in [2.75, 3.05) is 49.6 Å². The Morgan fingerprint density at radius 2 is 1.79 bits per heavy atom. The Bertz CT molecular complexity index is 1520. The molecule has 0 N–H and O–H groups in total. The van der Waals surface area contributed by atoms with Gasteiger partial charge in [0.2, 0.25) is 11.9 Å². The fraction of sp³-hybridized carbons (Fsp3) is 0.567. The SMILES string of the molecule is CN(C(=O)C1CN(c2nc(N3CCN(C(=O)OC(C)(C)C)C4(CC4)C3)ncc2Cl)C1)C(C)(C)c1cnc2ccccn12. The van der Waals surface area contributed by atoms with Gasteiger partial charge in [0, 0.05) is 46.0 Å². The molecular weight excluding hydrogens is 556 g/mol. The van der Waals surface area contributed by atoms with Crippen LogP contribution < -0.4 is 9.80 Å². The van der Waals surface area contributed by atoms with E-state index in [1.165, 1.54) is 0 Å². The summed E-state index contributed by atoms with van der Waals surface area (Å²) in [5, 5.41) is 0.456. The van der Waals surface area contributed by atoms with Gasteiger partial charge in [-0.1, -0.05) is 17.7 Å². The van der Waals surface area contributed by atoms with E-state index in [4.69, 9.17) is 21.3 Å². The van der Waals surface area contributed by atoms with Crippen molar-refractivity contribution in [1.82, 2.24) is 29.2 Å². The van der Waals surface area contributed by atoms with Gasteiger partial charge in [-0.15, -0.1) is 0 Å². The van der Waals surface area contributed by atoms with E-state index >= 15 is 0 Å². The van der Waals surface area contributed by atoms with Crippen molar-refractivity contribution in [3.8, 4) is 0 Å². The highest BCUT2D eigenvalue weighted by atomic mass is 35.5. The number of carbonyl (C=O) groups is 2. The van der Waals surface area contributed by atoms with Crippen LogP contribution in [0.2, 0.25) is 5.02 Å². The van der Waals surface area contributed by atoms with Crippen molar-refractivity contribution in [2.45, 2.75) is 64.1 Å². The molecule has 12 heteroatoms. The highest BCUT2D eigenvalue weighted by Crippen LogP contribution is 2.45. The number of carbonyl (C=O) groups excluding carboxylic acids is 2. The van der Waals surface area contributed by atoms with Crippen molar-refractivity contribution in [2.24, 2.45) is 5.92 Å². The Hall–Kier alpha value is -3.60. The molecule has 0 unspecified atom stereocenters. The summed E-state index contributed by atoms with van der Waals surface area (Å²) in [5.41, 5.74) is 0.472. The fourth-order valence-electron chi connectivity index (χ4n) is 5.96. The number of amides is 2. The molecule has 0 bridgehead atoms. The van der Waals surface area contributed by atoms with E-state index in [-0.39, 0.29) is 23.5 Å². The monoisotopic (exact) mass is 594 g/mol. The summed E-state index contributed by atoms with van der Waals surface area (Å²) in [6.45, 7) is 12.6. The number of rotatable bonds is 5. The molecule has 3 aliphatic rings. The summed E-state index contributed by atoms with van der Waals surface area (Å²) in [5.74, 6) is 1.12. The van der Waals surface area contributed by atoms with E-state index in [1.807, 2.05) is 91.4 Å². The first kappa shape index (κ1) is 28.5. The average molecular weight is 595 g/mol. The summed E-state index contributed by atoms with van der Waals surface area (Å²) in [4.78, 5) is 48.2. The Kier molecular flexibility index (Phi) is 6.79. The van der Waals surface area contributed by atoms with Crippen LogP contribution in [0, 0.1) is 5.92 Å². The zero-order valence-corrected chi connectivity index (χ0v) is 25.9. The van der Waals surface area contributed by atoms with Gasteiger partial charge in [-0.25, -0.2) is 14.8 Å². The molecule has 3 aromatic heterocycles. The minimum absolute atomic E-state index is 0.0708. The fourth-order valence-corrected chi connectivity index (χ4v) is 6.17. The third kappa shape index (κ3) is 5.01. The standard InChI is InChI=1S/C30H39ClN8O3/c1-28(2,3)42-27(41)39-14-13-36(19-30(39)10-11-30)26-33-15-21(31)24(34-26)37-17-20(18-37)25(40)35(6)29(4,5)22-16-32-23-9-7-8-12-38(22)23/h7-9,12,15-16,20H,10-11,13-14,17-19H2,1-6H3. The van der Waals surface area contributed by atoms with Crippen LogP contribution in [0.1, 0.15) is 53.2 Å². The van der Waals surface area contributed by atoms with Crippen LogP contribution in [0.15, 0.2) is 36.8 Å². The molecule has 224 valence electrons. The predicted molar refractivity (Wildman–Crippen MR) is 161 cm³/mol. The minimum atomic E-state index is -0.557. The maximum atomic E-state index is 13.6. The average Bonchev–Trinajstić information content (AvgIpc) is 3.51. The second-order valence-electron chi connectivity index (χ2n) is 13.2. The lowest BCUT2D eigenvalue weighted by atomic mass is 9.93. The third-order valence-electron chi connectivity index (χ3n) is 8.83. The van der Waals surface area contributed by atoms with E-state index in [1.54, 1.807) is 6.20 Å². The van der Waals surface area contributed by atoms with E-state index in [0.717, 1.165) is 24.2 Å². The maximum absolute atomic E-state index is 13.6. The normalized spacial score (nSPS) is 18.8. The molecule has 2 amide bonds. The highest BCUT2D eigenvalue weighted by molar-refractivity contribution is 6.32. The molecule has 42 heavy (non-hydrogen) atoms. The van der Waals surface area contributed by atoms with Gasteiger partial charge in [0.05, 0.1) is 35.1 Å². The molecule has 0 radical (unpaired) electrons. The molecule has 1 saturated carbocycles. The molecule has 0 aromatic carbocycles. The Morgan fingerprint density at radius 1 is 1.05 bits per heavy atom. The number of aromatic nitrogens is 4. The van der Waals surface area contributed by atoms with Crippen LogP contribution in [0.4, 0.5) is 16.6 Å². The van der Waals surface area contributed by atoms with Gasteiger partial charge in [-0.05, 0) is 59.6 Å².